The lowest BCUT2D eigenvalue weighted by Crippen LogP contribution is -2.44. The molecule has 0 bridgehead atoms. The Morgan fingerprint density at radius 2 is 2.33 bits per heavy atom. The van der Waals surface area contributed by atoms with Gasteiger partial charge in [0, 0.05) is 24.4 Å². The van der Waals surface area contributed by atoms with Crippen LogP contribution in [0, 0.1) is 12.3 Å². The van der Waals surface area contributed by atoms with Crippen molar-refractivity contribution >= 4 is 11.8 Å². The fraction of sp³-hybridized carbons (Fsp3) is 0.308. The number of carbonyl (C=O) groups excluding carboxylic acids is 2. The Balaban J connectivity index is 2.87. The molecule has 2 amide bonds. The summed E-state index contributed by atoms with van der Waals surface area (Å²) in [4.78, 5) is 27.1. The quantitative estimate of drug-likeness (QED) is 0.729. The summed E-state index contributed by atoms with van der Waals surface area (Å²) in [6, 6.07) is 0.752. The van der Waals surface area contributed by atoms with E-state index in [1.807, 2.05) is 6.92 Å². The lowest BCUT2D eigenvalue weighted by atomic mass is 10.1. The predicted octanol–water partition coefficient (Wildman–Crippen LogP) is 0.251. The molecular weight excluding hydrogens is 230 g/mol. The number of primary amides is 1. The van der Waals surface area contributed by atoms with Gasteiger partial charge >= 0.3 is 0 Å². The van der Waals surface area contributed by atoms with Crippen LogP contribution in [0.2, 0.25) is 0 Å². The van der Waals surface area contributed by atoms with Crippen LogP contribution >= 0.6 is 0 Å². The molecule has 1 aromatic heterocycles. The van der Waals surface area contributed by atoms with Crippen molar-refractivity contribution < 1.29 is 9.59 Å². The maximum Gasteiger partial charge on any atom is 0.252 e. The van der Waals surface area contributed by atoms with Gasteiger partial charge in [-0.15, -0.1) is 12.3 Å². The summed E-state index contributed by atoms with van der Waals surface area (Å²) in [6.07, 6.45) is 9.01. The van der Waals surface area contributed by atoms with E-state index in [0.29, 0.717) is 12.0 Å². The van der Waals surface area contributed by atoms with Gasteiger partial charge in [0.25, 0.3) is 5.91 Å². The molecule has 0 radical (unpaired) electrons. The highest BCUT2D eigenvalue weighted by Crippen LogP contribution is 2.08. The molecule has 0 aromatic carbocycles. The van der Waals surface area contributed by atoms with E-state index in [-0.39, 0.29) is 12.3 Å². The van der Waals surface area contributed by atoms with Gasteiger partial charge in [0.2, 0.25) is 5.91 Å². The zero-order chi connectivity index (χ0) is 13.5. The number of nitrogens with zero attached hydrogens (tertiary/aromatic N) is 1. The van der Waals surface area contributed by atoms with Gasteiger partial charge in [0.1, 0.15) is 6.04 Å². The van der Waals surface area contributed by atoms with Crippen molar-refractivity contribution in [2.45, 2.75) is 25.8 Å². The molecule has 5 nitrogen and oxygen atoms in total. The topological polar surface area (TPSA) is 85.1 Å². The third-order valence-corrected chi connectivity index (χ3v) is 2.50. The van der Waals surface area contributed by atoms with Crippen molar-refractivity contribution in [3.05, 3.63) is 29.6 Å². The van der Waals surface area contributed by atoms with E-state index < -0.39 is 11.9 Å². The molecule has 0 unspecified atom stereocenters. The number of hydrogen-bond acceptors (Lipinski definition) is 3. The SMILES string of the molecule is C#CC[C@@H](NC(=O)c1ccncc1CC)C(N)=O. The van der Waals surface area contributed by atoms with Gasteiger partial charge < -0.3 is 11.1 Å². The Hall–Kier alpha value is -2.35. The van der Waals surface area contributed by atoms with Crippen molar-refractivity contribution in [2.24, 2.45) is 5.73 Å². The van der Waals surface area contributed by atoms with E-state index in [0.717, 1.165) is 5.56 Å². The maximum atomic E-state index is 12.0. The van der Waals surface area contributed by atoms with E-state index in [9.17, 15) is 9.59 Å². The largest absolute Gasteiger partial charge is 0.368 e. The predicted molar refractivity (Wildman–Crippen MR) is 67.5 cm³/mol. The van der Waals surface area contributed by atoms with Crippen molar-refractivity contribution in [3.63, 3.8) is 0 Å². The molecule has 0 saturated heterocycles. The maximum absolute atomic E-state index is 12.0. The van der Waals surface area contributed by atoms with Crippen LogP contribution in [0.25, 0.3) is 0 Å². The number of terminal acetylenes is 1. The molecule has 18 heavy (non-hydrogen) atoms. The Labute approximate surface area is 106 Å². The molecule has 0 fully saturated rings. The lowest BCUT2D eigenvalue weighted by molar-refractivity contribution is -0.119. The van der Waals surface area contributed by atoms with Gasteiger partial charge in [-0.3, -0.25) is 14.6 Å². The average molecular weight is 245 g/mol. The normalized spacial score (nSPS) is 11.3. The summed E-state index contributed by atoms with van der Waals surface area (Å²) in [7, 11) is 0. The number of aryl methyl sites for hydroxylation is 1. The monoisotopic (exact) mass is 245 g/mol. The number of amides is 2. The second-order valence-corrected chi connectivity index (χ2v) is 3.72. The van der Waals surface area contributed by atoms with Crippen molar-refractivity contribution in [1.82, 2.24) is 10.3 Å². The van der Waals surface area contributed by atoms with E-state index in [2.05, 4.69) is 16.2 Å². The number of pyridine rings is 1. The molecular formula is C13H15N3O2. The molecule has 5 heteroatoms. The van der Waals surface area contributed by atoms with Gasteiger partial charge in [0.15, 0.2) is 0 Å². The first kappa shape index (κ1) is 13.7. The minimum Gasteiger partial charge on any atom is -0.368 e. The van der Waals surface area contributed by atoms with Crippen molar-refractivity contribution in [2.75, 3.05) is 0 Å². The van der Waals surface area contributed by atoms with Crippen LogP contribution in [0.1, 0.15) is 29.3 Å². The van der Waals surface area contributed by atoms with Crippen LogP contribution in [-0.4, -0.2) is 22.8 Å². The number of rotatable bonds is 5. The second-order valence-electron chi connectivity index (χ2n) is 3.72. The average Bonchev–Trinajstić information content (AvgIpc) is 2.37. The summed E-state index contributed by atoms with van der Waals surface area (Å²) in [5, 5.41) is 2.52. The van der Waals surface area contributed by atoms with E-state index in [1.165, 1.54) is 6.20 Å². The number of nitrogens with two attached hydrogens (primary N) is 1. The summed E-state index contributed by atoms with van der Waals surface area (Å²) >= 11 is 0. The van der Waals surface area contributed by atoms with Crippen molar-refractivity contribution in [3.8, 4) is 12.3 Å². The third kappa shape index (κ3) is 3.32. The number of carbonyl (C=O) groups is 2. The summed E-state index contributed by atoms with van der Waals surface area (Å²) < 4.78 is 0. The lowest BCUT2D eigenvalue weighted by Gasteiger charge is -2.14. The van der Waals surface area contributed by atoms with Crippen LogP contribution in [-0.2, 0) is 11.2 Å². The zero-order valence-electron chi connectivity index (χ0n) is 10.1. The first-order valence-electron chi connectivity index (χ1n) is 5.56. The van der Waals surface area contributed by atoms with Crippen LogP contribution in [0.15, 0.2) is 18.5 Å². The first-order chi connectivity index (χ1) is 8.60. The van der Waals surface area contributed by atoms with E-state index >= 15 is 0 Å². The zero-order valence-corrected chi connectivity index (χ0v) is 10.1. The van der Waals surface area contributed by atoms with Gasteiger partial charge in [0.05, 0.1) is 0 Å². The molecule has 1 atom stereocenters. The molecule has 3 N–H and O–H groups in total. The highest BCUT2D eigenvalue weighted by atomic mass is 16.2. The second kappa shape index (κ2) is 6.40. The van der Waals surface area contributed by atoms with Gasteiger partial charge in [-0.25, -0.2) is 0 Å². The number of hydrogen-bond donors (Lipinski definition) is 2. The Morgan fingerprint density at radius 1 is 1.61 bits per heavy atom. The number of nitrogens with one attached hydrogen (secondary N) is 1. The molecule has 1 rings (SSSR count). The standard InChI is InChI=1S/C13H15N3O2/c1-3-5-11(12(14)17)16-13(18)10-6-7-15-8-9(10)4-2/h1,6-8,11H,4-5H2,2H3,(H2,14,17)(H,16,18)/t11-/m1/s1. The smallest absolute Gasteiger partial charge is 0.252 e. The van der Waals surface area contributed by atoms with Gasteiger partial charge in [-0.2, -0.15) is 0 Å². The molecule has 0 aliphatic carbocycles. The molecule has 0 aliphatic heterocycles. The number of aromatic nitrogens is 1. The summed E-state index contributed by atoms with van der Waals surface area (Å²) in [5.74, 6) is 1.29. The Bertz CT molecular complexity index is 491. The molecule has 0 aliphatic rings. The fourth-order valence-corrected chi connectivity index (χ4v) is 1.51. The minimum absolute atomic E-state index is 0.0770. The van der Waals surface area contributed by atoms with Crippen molar-refractivity contribution in [1.29, 1.82) is 0 Å². The first-order valence-corrected chi connectivity index (χ1v) is 5.56. The van der Waals surface area contributed by atoms with Crippen LogP contribution in [0.4, 0.5) is 0 Å². The van der Waals surface area contributed by atoms with Gasteiger partial charge in [-0.05, 0) is 18.1 Å². The molecule has 1 aromatic rings. The van der Waals surface area contributed by atoms with E-state index in [4.69, 9.17) is 12.2 Å². The highest BCUT2D eigenvalue weighted by Gasteiger charge is 2.19. The molecule has 0 spiro atoms. The van der Waals surface area contributed by atoms with Crippen LogP contribution in [0.3, 0.4) is 0 Å². The molecule has 0 saturated carbocycles. The van der Waals surface area contributed by atoms with Crippen LogP contribution < -0.4 is 11.1 Å². The molecule has 1 heterocycles. The third-order valence-electron chi connectivity index (χ3n) is 2.50. The molecule has 94 valence electrons. The minimum atomic E-state index is -0.847. The van der Waals surface area contributed by atoms with Crippen LogP contribution in [0.5, 0.6) is 0 Å². The van der Waals surface area contributed by atoms with E-state index in [1.54, 1.807) is 12.3 Å². The highest BCUT2D eigenvalue weighted by molar-refractivity contribution is 5.98. The summed E-state index contributed by atoms with van der Waals surface area (Å²) in [5.41, 5.74) is 6.44. The fourth-order valence-electron chi connectivity index (χ4n) is 1.51. The Morgan fingerprint density at radius 3 is 2.89 bits per heavy atom. The Kier molecular flexibility index (Phi) is 4.88. The summed E-state index contributed by atoms with van der Waals surface area (Å²) in [6.45, 7) is 1.92. The van der Waals surface area contributed by atoms with Gasteiger partial charge in [-0.1, -0.05) is 6.92 Å².